The van der Waals surface area contributed by atoms with Crippen molar-refractivity contribution >= 4 is 35.0 Å². The number of carbonyl (C=O) groups is 2. The second-order valence-electron chi connectivity index (χ2n) is 7.55. The molecule has 0 heterocycles. The van der Waals surface area contributed by atoms with Crippen LogP contribution >= 0.6 is 23.2 Å². The first-order valence-corrected chi connectivity index (χ1v) is 11.3. The van der Waals surface area contributed by atoms with E-state index in [1.54, 1.807) is 42.2 Å². The van der Waals surface area contributed by atoms with E-state index in [9.17, 15) is 9.59 Å². The number of nitrogens with zero attached hydrogens (tertiary/aromatic N) is 1. The minimum Gasteiger partial charge on any atom is -0.494 e. The fraction of sp³-hybridized carbons (Fsp3) is 0.417. The average molecular weight is 465 g/mol. The van der Waals surface area contributed by atoms with Crippen molar-refractivity contribution in [2.75, 3.05) is 6.61 Å². The second-order valence-corrected chi connectivity index (χ2v) is 8.42. The summed E-state index contributed by atoms with van der Waals surface area (Å²) in [6, 6.07) is 13.9. The topological polar surface area (TPSA) is 58.6 Å². The SMILES string of the molecule is CC[C@@H](C)NC(=O)[C@H](C)N(Cc1cccc(Cl)c1)C(=O)CCCOc1ccc(Cl)cc1. The zero-order valence-electron chi connectivity index (χ0n) is 18.2. The lowest BCUT2D eigenvalue weighted by molar-refractivity contribution is -0.141. The van der Waals surface area contributed by atoms with Gasteiger partial charge in [0, 0.05) is 29.1 Å². The number of nitrogens with one attached hydrogen (secondary N) is 1. The molecule has 0 saturated heterocycles. The lowest BCUT2D eigenvalue weighted by Gasteiger charge is -2.30. The van der Waals surface area contributed by atoms with Crippen LogP contribution in [-0.2, 0) is 16.1 Å². The van der Waals surface area contributed by atoms with Crippen LogP contribution in [0.15, 0.2) is 48.5 Å². The second kappa shape index (κ2) is 12.6. The third-order valence-electron chi connectivity index (χ3n) is 5.03. The third kappa shape index (κ3) is 8.42. The number of rotatable bonds is 11. The minimum atomic E-state index is -0.599. The van der Waals surface area contributed by atoms with Crippen molar-refractivity contribution in [1.29, 1.82) is 0 Å². The first-order valence-electron chi connectivity index (χ1n) is 10.5. The van der Waals surface area contributed by atoms with Gasteiger partial charge in [-0.2, -0.15) is 0 Å². The van der Waals surface area contributed by atoms with Gasteiger partial charge in [0.2, 0.25) is 11.8 Å². The standard InChI is InChI=1S/C24H30Cl2N2O3/c1-4-17(2)27-24(30)18(3)28(16-19-7-5-8-21(26)15-19)23(29)9-6-14-31-22-12-10-20(25)11-13-22/h5,7-8,10-13,15,17-18H,4,6,9,14,16H2,1-3H3,(H,27,30)/t17-,18+/m1/s1. The Morgan fingerprint density at radius 2 is 1.77 bits per heavy atom. The molecule has 168 valence electrons. The van der Waals surface area contributed by atoms with E-state index in [0.29, 0.717) is 35.4 Å². The molecular weight excluding hydrogens is 435 g/mol. The van der Waals surface area contributed by atoms with Gasteiger partial charge in [-0.25, -0.2) is 0 Å². The van der Waals surface area contributed by atoms with Crippen LogP contribution in [0.5, 0.6) is 5.75 Å². The quantitative estimate of drug-likeness (QED) is 0.447. The molecule has 0 spiro atoms. The lowest BCUT2D eigenvalue weighted by Crippen LogP contribution is -2.49. The lowest BCUT2D eigenvalue weighted by atomic mass is 10.1. The van der Waals surface area contributed by atoms with Crippen molar-refractivity contribution in [3.8, 4) is 5.75 Å². The fourth-order valence-corrected chi connectivity index (χ4v) is 3.31. The average Bonchev–Trinajstić information content (AvgIpc) is 2.75. The van der Waals surface area contributed by atoms with Crippen molar-refractivity contribution in [1.82, 2.24) is 10.2 Å². The molecule has 0 aliphatic carbocycles. The molecule has 0 aliphatic heterocycles. The minimum absolute atomic E-state index is 0.0471. The Balaban J connectivity index is 2.00. The summed E-state index contributed by atoms with van der Waals surface area (Å²) in [6.45, 7) is 6.41. The molecule has 1 N–H and O–H groups in total. The molecular formula is C24H30Cl2N2O3. The van der Waals surface area contributed by atoms with E-state index in [-0.39, 0.29) is 24.3 Å². The Labute approximate surface area is 194 Å². The summed E-state index contributed by atoms with van der Waals surface area (Å²) in [5.41, 5.74) is 0.876. The van der Waals surface area contributed by atoms with Crippen molar-refractivity contribution in [3.05, 3.63) is 64.1 Å². The molecule has 0 aromatic heterocycles. The summed E-state index contributed by atoms with van der Waals surface area (Å²) < 4.78 is 5.67. The van der Waals surface area contributed by atoms with Crippen LogP contribution in [0.1, 0.15) is 45.6 Å². The van der Waals surface area contributed by atoms with Crippen LogP contribution in [0.25, 0.3) is 0 Å². The number of hydrogen-bond acceptors (Lipinski definition) is 3. The smallest absolute Gasteiger partial charge is 0.242 e. The molecule has 2 amide bonds. The van der Waals surface area contributed by atoms with Gasteiger partial charge < -0.3 is 15.0 Å². The van der Waals surface area contributed by atoms with Gasteiger partial charge >= 0.3 is 0 Å². The highest BCUT2D eigenvalue weighted by atomic mass is 35.5. The highest BCUT2D eigenvalue weighted by Gasteiger charge is 2.26. The Morgan fingerprint density at radius 1 is 1.06 bits per heavy atom. The van der Waals surface area contributed by atoms with Gasteiger partial charge in [-0.05, 0) is 68.7 Å². The number of carbonyl (C=O) groups excluding carboxylic acids is 2. The normalized spacial score (nSPS) is 12.7. The van der Waals surface area contributed by atoms with Crippen LogP contribution in [0.3, 0.4) is 0 Å². The molecule has 0 saturated carbocycles. The molecule has 7 heteroatoms. The predicted octanol–water partition coefficient (Wildman–Crippen LogP) is 5.48. The number of benzene rings is 2. The molecule has 2 aromatic carbocycles. The van der Waals surface area contributed by atoms with Crippen LogP contribution in [0.2, 0.25) is 10.0 Å². The molecule has 5 nitrogen and oxygen atoms in total. The molecule has 2 atom stereocenters. The number of halogens is 2. The highest BCUT2D eigenvalue weighted by molar-refractivity contribution is 6.30. The maximum Gasteiger partial charge on any atom is 0.242 e. The summed E-state index contributed by atoms with van der Waals surface area (Å²) >= 11 is 12.0. The molecule has 0 fully saturated rings. The fourth-order valence-electron chi connectivity index (χ4n) is 2.97. The highest BCUT2D eigenvalue weighted by Crippen LogP contribution is 2.18. The van der Waals surface area contributed by atoms with E-state index < -0.39 is 6.04 Å². The van der Waals surface area contributed by atoms with E-state index in [1.165, 1.54) is 0 Å². The van der Waals surface area contributed by atoms with Gasteiger partial charge in [-0.3, -0.25) is 9.59 Å². The van der Waals surface area contributed by atoms with Crippen LogP contribution < -0.4 is 10.1 Å². The van der Waals surface area contributed by atoms with Crippen molar-refractivity contribution in [2.45, 2.75) is 58.7 Å². The van der Waals surface area contributed by atoms with Crippen LogP contribution in [0, 0.1) is 0 Å². The van der Waals surface area contributed by atoms with E-state index in [2.05, 4.69) is 5.32 Å². The van der Waals surface area contributed by atoms with E-state index in [4.69, 9.17) is 27.9 Å². The van der Waals surface area contributed by atoms with E-state index in [0.717, 1.165) is 12.0 Å². The molecule has 0 aliphatic rings. The Kier molecular flexibility index (Phi) is 10.2. The monoisotopic (exact) mass is 464 g/mol. The van der Waals surface area contributed by atoms with Gasteiger partial charge in [0.05, 0.1) is 6.61 Å². The third-order valence-corrected chi connectivity index (χ3v) is 5.51. The molecule has 0 unspecified atom stereocenters. The van der Waals surface area contributed by atoms with E-state index >= 15 is 0 Å². The zero-order chi connectivity index (χ0) is 22.8. The maximum atomic E-state index is 13.0. The summed E-state index contributed by atoms with van der Waals surface area (Å²) in [6.07, 6.45) is 1.63. The predicted molar refractivity (Wildman–Crippen MR) is 126 cm³/mol. The Bertz CT molecular complexity index is 858. The number of amides is 2. The first kappa shape index (κ1) is 25.0. The summed E-state index contributed by atoms with van der Waals surface area (Å²) in [4.78, 5) is 27.3. The molecule has 31 heavy (non-hydrogen) atoms. The summed E-state index contributed by atoms with van der Waals surface area (Å²) in [5, 5.41) is 4.20. The molecule has 0 radical (unpaired) electrons. The molecule has 2 rings (SSSR count). The van der Waals surface area contributed by atoms with Gasteiger partial charge in [-0.1, -0.05) is 42.3 Å². The summed E-state index contributed by atoms with van der Waals surface area (Å²) in [5.74, 6) is 0.433. The van der Waals surface area contributed by atoms with Crippen LogP contribution in [0.4, 0.5) is 0 Å². The van der Waals surface area contributed by atoms with Crippen molar-refractivity contribution in [3.63, 3.8) is 0 Å². The van der Waals surface area contributed by atoms with Gasteiger partial charge in [-0.15, -0.1) is 0 Å². The Morgan fingerprint density at radius 3 is 2.42 bits per heavy atom. The van der Waals surface area contributed by atoms with E-state index in [1.807, 2.05) is 32.0 Å². The largest absolute Gasteiger partial charge is 0.494 e. The zero-order valence-corrected chi connectivity index (χ0v) is 19.7. The number of hydrogen-bond donors (Lipinski definition) is 1. The van der Waals surface area contributed by atoms with Crippen molar-refractivity contribution in [2.24, 2.45) is 0 Å². The summed E-state index contributed by atoms with van der Waals surface area (Å²) in [7, 11) is 0. The Hall–Kier alpha value is -2.24. The van der Waals surface area contributed by atoms with Gasteiger partial charge in [0.15, 0.2) is 0 Å². The van der Waals surface area contributed by atoms with Gasteiger partial charge in [0.1, 0.15) is 11.8 Å². The molecule has 0 bridgehead atoms. The first-order chi connectivity index (χ1) is 14.8. The number of ether oxygens (including phenoxy) is 1. The molecule has 2 aromatic rings. The van der Waals surface area contributed by atoms with Crippen LogP contribution in [-0.4, -0.2) is 35.4 Å². The van der Waals surface area contributed by atoms with Gasteiger partial charge in [0.25, 0.3) is 0 Å². The maximum absolute atomic E-state index is 13.0. The van der Waals surface area contributed by atoms with Crippen molar-refractivity contribution < 1.29 is 14.3 Å².